The Hall–Kier alpha value is -1.69. The molecule has 0 amide bonds. The number of hydrogen-bond acceptors (Lipinski definition) is 3. The maximum atomic E-state index is 13.2. The highest BCUT2D eigenvalue weighted by Gasteiger charge is 2.21. The lowest BCUT2D eigenvalue weighted by Gasteiger charge is -2.12. The van der Waals surface area contributed by atoms with Crippen LogP contribution in [0.4, 0.5) is 8.78 Å². The molecule has 0 bridgehead atoms. The van der Waals surface area contributed by atoms with Gasteiger partial charge < -0.3 is 15.9 Å². The number of nitrogens with two attached hydrogens (primary N) is 1. The molecule has 1 rings (SSSR count). The van der Waals surface area contributed by atoms with Crippen LogP contribution >= 0.6 is 0 Å². The molecular weight excluding hydrogens is 208 g/mol. The molecule has 0 fully saturated rings. The molecule has 15 heavy (non-hydrogen) atoms. The lowest BCUT2D eigenvalue weighted by molar-refractivity contribution is -0.137. The maximum Gasteiger partial charge on any atom is 0.305 e. The summed E-state index contributed by atoms with van der Waals surface area (Å²) in [6.45, 7) is 0. The second-order valence-corrected chi connectivity index (χ2v) is 3.00. The Morgan fingerprint density at radius 1 is 1.47 bits per heavy atom. The minimum Gasteiger partial charge on any atom is -0.505 e. The Balaban J connectivity index is 3.12. The Kier molecular flexibility index (Phi) is 3.21. The summed E-state index contributed by atoms with van der Waals surface area (Å²) in [6, 6.07) is 0.339. The van der Waals surface area contributed by atoms with Crippen molar-refractivity contribution in [3.05, 3.63) is 29.3 Å². The fourth-order valence-corrected chi connectivity index (χ4v) is 1.19. The van der Waals surface area contributed by atoms with Gasteiger partial charge in [0, 0.05) is 11.6 Å². The molecule has 0 spiro atoms. The molecule has 1 atom stereocenters. The average Bonchev–Trinajstić information content (AvgIpc) is 2.11. The first-order valence-corrected chi connectivity index (χ1v) is 4.07. The minimum absolute atomic E-state index is 0.614. The Labute approximate surface area is 83.9 Å². The van der Waals surface area contributed by atoms with Gasteiger partial charge in [-0.2, -0.15) is 0 Å². The predicted molar refractivity (Wildman–Crippen MR) is 47.2 cm³/mol. The van der Waals surface area contributed by atoms with Crippen molar-refractivity contribution in [1.82, 2.24) is 0 Å². The Bertz CT molecular complexity index is 395. The summed E-state index contributed by atoms with van der Waals surface area (Å²) in [7, 11) is 0. The molecule has 0 saturated carbocycles. The number of aliphatic carboxylic acids is 1. The van der Waals surface area contributed by atoms with Crippen LogP contribution in [0.2, 0.25) is 0 Å². The zero-order valence-electron chi connectivity index (χ0n) is 7.58. The molecule has 4 nitrogen and oxygen atoms in total. The van der Waals surface area contributed by atoms with Crippen molar-refractivity contribution < 1.29 is 23.8 Å². The SMILES string of the molecule is NC(CC(=O)O)c1c(F)ccc(O)c1F. The zero-order valence-corrected chi connectivity index (χ0v) is 7.58. The van der Waals surface area contributed by atoms with E-state index < -0.39 is 41.4 Å². The molecule has 4 N–H and O–H groups in total. The van der Waals surface area contributed by atoms with E-state index in [9.17, 15) is 13.6 Å². The third kappa shape index (κ3) is 2.41. The number of carboxylic acids is 1. The van der Waals surface area contributed by atoms with Gasteiger partial charge in [0.1, 0.15) is 5.82 Å². The maximum absolute atomic E-state index is 13.2. The quantitative estimate of drug-likeness (QED) is 0.709. The topological polar surface area (TPSA) is 83.6 Å². The number of halogens is 2. The summed E-state index contributed by atoms with van der Waals surface area (Å²) in [6.07, 6.45) is -0.614. The van der Waals surface area contributed by atoms with Gasteiger partial charge >= 0.3 is 5.97 Å². The third-order valence-electron chi connectivity index (χ3n) is 1.87. The molecule has 0 radical (unpaired) electrons. The van der Waals surface area contributed by atoms with E-state index in [0.29, 0.717) is 0 Å². The highest BCUT2D eigenvalue weighted by Crippen LogP contribution is 2.27. The van der Waals surface area contributed by atoms with E-state index in [1.54, 1.807) is 0 Å². The van der Waals surface area contributed by atoms with Crippen LogP contribution in [0.25, 0.3) is 0 Å². The molecule has 0 aromatic heterocycles. The molecule has 0 aliphatic rings. The monoisotopic (exact) mass is 217 g/mol. The molecule has 1 unspecified atom stereocenters. The van der Waals surface area contributed by atoms with Crippen molar-refractivity contribution in [1.29, 1.82) is 0 Å². The van der Waals surface area contributed by atoms with Gasteiger partial charge in [0.2, 0.25) is 0 Å². The summed E-state index contributed by atoms with van der Waals surface area (Å²) >= 11 is 0. The molecule has 6 heteroatoms. The number of phenols is 1. The zero-order chi connectivity index (χ0) is 11.6. The van der Waals surface area contributed by atoms with E-state index in [0.717, 1.165) is 12.1 Å². The van der Waals surface area contributed by atoms with Gasteiger partial charge in [-0.25, -0.2) is 8.78 Å². The number of hydrogen-bond donors (Lipinski definition) is 3. The van der Waals surface area contributed by atoms with Crippen LogP contribution in [-0.4, -0.2) is 16.2 Å². The van der Waals surface area contributed by atoms with Gasteiger partial charge in [0.25, 0.3) is 0 Å². The van der Waals surface area contributed by atoms with Crippen molar-refractivity contribution in [3.63, 3.8) is 0 Å². The van der Waals surface area contributed by atoms with Gasteiger partial charge in [-0.3, -0.25) is 4.79 Å². The Morgan fingerprint density at radius 2 is 2.07 bits per heavy atom. The molecule has 0 aliphatic carbocycles. The first kappa shape index (κ1) is 11.4. The van der Waals surface area contributed by atoms with Gasteiger partial charge in [0.15, 0.2) is 11.6 Å². The standard InChI is InChI=1S/C9H9F2NO3/c10-4-1-2-6(13)9(11)8(4)5(12)3-7(14)15/h1-2,5,13H,3,12H2,(H,14,15). The molecule has 0 saturated heterocycles. The van der Waals surface area contributed by atoms with Crippen molar-refractivity contribution in [2.24, 2.45) is 5.73 Å². The summed E-state index contributed by atoms with van der Waals surface area (Å²) in [5.74, 6) is -4.22. The van der Waals surface area contributed by atoms with Gasteiger partial charge in [-0.1, -0.05) is 0 Å². The normalized spacial score (nSPS) is 12.5. The van der Waals surface area contributed by atoms with Crippen molar-refractivity contribution in [2.45, 2.75) is 12.5 Å². The molecule has 0 heterocycles. The van der Waals surface area contributed by atoms with E-state index >= 15 is 0 Å². The highest BCUT2D eigenvalue weighted by atomic mass is 19.1. The number of aromatic hydroxyl groups is 1. The molecule has 1 aromatic carbocycles. The number of phenolic OH excluding ortho intramolecular Hbond substituents is 1. The molecule has 1 aromatic rings. The minimum atomic E-state index is -1.32. The first-order valence-electron chi connectivity index (χ1n) is 4.07. The van der Waals surface area contributed by atoms with Crippen LogP contribution in [0.1, 0.15) is 18.0 Å². The van der Waals surface area contributed by atoms with E-state index in [4.69, 9.17) is 15.9 Å². The van der Waals surface area contributed by atoms with Crippen molar-refractivity contribution in [2.75, 3.05) is 0 Å². The van der Waals surface area contributed by atoms with E-state index in [1.165, 1.54) is 0 Å². The van der Waals surface area contributed by atoms with Gasteiger partial charge in [-0.15, -0.1) is 0 Å². The van der Waals surface area contributed by atoms with Crippen LogP contribution in [-0.2, 0) is 4.79 Å². The fourth-order valence-electron chi connectivity index (χ4n) is 1.19. The summed E-state index contributed by atoms with van der Waals surface area (Å²) in [5.41, 5.74) is 4.68. The lowest BCUT2D eigenvalue weighted by Crippen LogP contribution is -2.18. The third-order valence-corrected chi connectivity index (χ3v) is 1.87. The Morgan fingerprint density at radius 3 is 2.60 bits per heavy atom. The second kappa shape index (κ2) is 4.22. The lowest BCUT2D eigenvalue weighted by atomic mass is 10.0. The average molecular weight is 217 g/mol. The number of carboxylic acid groups (broad SMARTS) is 1. The van der Waals surface area contributed by atoms with E-state index in [1.807, 2.05) is 0 Å². The van der Waals surface area contributed by atoms with E-state index in [-0.39, 0.29) is 0 Å². The number of carbonyl (C=O) groups is 1. The van der Waals surface area contributed by atoms with Crippen LogP contribution < -0.4 is 5.73 Å². The van der Waals surface area contributed by atoms with Crippen molar-refractivity contribution in [3.8, 4) is 5.75 Å². The van der Waals surface area contributed by atoms with Crippen LogP contribution in [0.5, 0.6) is 5.75 Å². The molecule has 82 valence electrons. The van der Waals surface area contributed by atoms with Crippen LogP contribution in [0, 0.1) is 11.6 Å². The summed E-state index contributed by atoms with van der Waals surface area (Å²) in [5, 5.41) is 17.4. The van der Waals surface area contributed by atoms with Crippen LogP contribution in [0.15, 0.2) is 12.1 Å². The van der Waals surface area contributed by atoms with E-state index in [2.05, 4.69) is 0 Å². The van der Waals surface area contributed by atoms with Gasteiger partial charge in [0.05, 0.1) is 6.42 Å². The molecular formula is C9H9F2NO3. The first-order chi connectivity index (χ1) is 6.93. The van der Waals surface area contributed by atoms with Gasteiger partial charge in [-0.05, 0) is 12.1 Å². The molecule has 0 aliphatic heterocycles. The predicted octanol–water partition coefficient (Wildman–Crippen LogP) is 1.14. The number of benzene rings is 1. The van der Waals surface area contributed by atoms with Crippen molar-refractivity contribution >= 4 is 5.97 Å². The largest absolute Gasteiger partial charge is 0.505 e. The fraction of sp³-hybridized carbons (Fsp3) is 0.222. The summed E-state index contributed by atoms with van der Waals surface area (Å²) in [4.78, 5) is 10.3. The number of rotatable bonds is 3. The summed E-state index contributed by atoms with van der Waals surface area (Å²) < 4.78 is 26.3. The smallest absolute Gasteiger partial charge is 0.305 e. The van der Waals surface area contributed by atoms with Crippen LogP contribution in [0.3, 0.4) is 0 Å². The highest BCUT2D eigenvalue weighted by molar-refractivity contribution is 5.68. The second-order valence-electron chi connectivity index (χ2n) is 3.00.